The van der Waals surface area contributed by atoms with Crippen molar-refractivity contribution in [3.8, 4) is 0 Å². The Morgan fingerprint density at radius 3 is 1.37 bits per heavy atom. The molecule has 23 nitrogen and oxygen atoms in total. The first-order valence-electron chi connectivity index (χ1n) is 20.7. The van der Waals surface area contributed by atoms with Crippen molar-refractivity contribution in [2.75, 3.05) is 76.6 Å². The van der Waals surface area contributed by atoms with Gasteiger partial charge in [-0.3, -0.25) is 23.2 Å². The lowest BCUT2D eigenvalue weighted by atomic mass is 9.90. The van der Waals surface area contributed by atoms with Crippen LogP contribution in [0.1, 0.15) is 12.8 Å². The van der Waals surface area contributed by atoms with Crippen molar-refractivity contribution >= 4 is 93.1 Å². The summed E-state index contributed by atoms with van der Waals surface area (Å²) >= 11 is 0. The van der Waals surface area contributed by atoms with Crippen molar-refractivity contribution in [1.82, 2.24) is 0 Å². The van der Waals surface area contributed by atoms with Crippen molar-refractivity contribution < 1.29 is 96.4 Å². The molecule has 4 rings (SSSR count). The first kappa shape index (κ1) is 56.8. The Bertz CT molecular complexity index is 2950. The molecule has 0 radical (unpaired) electrons. The van der Waals surface area contributed by atoms with Crippen LogP contribution in [0.4, 0.5) is 11.4 Å². The van der Waals surface area contributed by atoms with Gasteiger partial charge in [0.15, 0.2) is 0 Å². The maximum absolute atomic E-state index is 13.2. The number of aliphatic hydroxyl groups excluding tert-OH is 1. The molecule has 0 aliphatic rings. The van der Waals surface area contributed by atoms with Gasteiger partial charge in [0.05, 0.1) is 58.2 Å². The summed E-state index contributed by atoms with van der Waals surface area (Å²) in [6, 6.07) is 14.1. The summed E-state index contributed by atoms with van der Waals surface area (Å²) < 4.78 is 132. The molecule has 26 heteroatoms. The zero-order valence-electron chi connectivity index (χ0n) is 37.6. The Kier molecular flexibility index (Phi) is 19.9. The third kappa shape index (κ3) is 17.0. The minimum Gasteiger partial charge on any atom is -0.465 e. The van der Waals surface area contributed by atoms with Gasteiger partial charge in [0.1, 0.15) is 33.0 Å². The highest BCUT2D eigenvalue weighted by Gasteiger charge is 2.39. The van der Waals surface area contributed by atoms with E-state index in [1.807, 2.05) is 0 Å². The second-order valence-corrected chi connectivity index (χ2v) is 20.0. The summed E-state index contributed by atoms with van der Waals surface area (Å²) in [5.74, 6) is -4.48. The number of hydrogen-bond donors (Lipinski definition) is 6. The summed E-state index contributed by atoms with van der Waals surface area (Å²) in [5.41, 5.74) is -2.86. The standard InChI is InChI=1S/C45H50N2O21S3/c1-4-39(49)64-27-45(28-65-40(50)5-2,29-66-41(51)6-3)24-63-23-44(22-48,25-67-42(52)14-16-46-37-9-7-8-30-18-32(69(54,55)56)10-12-35(30)37)26-68-43(53)15-17-47-38-21-34(71(60,61)62)20-31-19-33(70(57,58)59)11-13-36(31)38/h4-13,18-21,46-48H,1-3,14-17,22-29H2,(H,54,55,56)(H,57,58,59)(H,60,61,62). The summed E-state index contributed by atoms with van der Waals surface area (Å²) in [6.45, 7) is 4.57. The van der Waals surface area contributed by atoms with Crippen LogP contribution in [0.25, 0.3) is 21.5 Å². The van der Waals surface area contributed by atoms with Crippen LogP contribution in [0.3, 0.4) is 0 Å². The van der Waals surface area contributed by atoms with Crippen molar-refractivity contribution in [3.63, 3.8) is 0 Å². The molecule has 384 valence electrons. The van der Waals surface area contributed by atoms with E-state index in [-0.39, 0.29) is 40.9 Å². The van der Waals surface area contributed by atoms with Crippen molar-refractivity contribution in [3.05, 3.63) is 105 Å². The third-order valence-corrected chi connectivity index (χ3v) is 12.8. The maximum atomic E-state index is 13.2. The number of fused-ring (bicyclic) bond motifs is 2. The fourth-order valence-corrected chi connectivity index (χ4v) is 7.98. The highest BCUT2D eigenvalue weighted by Crippen LogP contribution is 2.31. The number of nitrogens with one attached hydrogen (secondary N) is 2. The zero-order valence-corrected chi connectivity index (χ0v) is 40.1. The zero-order chi connectivity index (χ0) is 52.6. The molecule has 4 aromatic rings. The summed E-state index contributed by atoms with van der Waals surface area (Å²) in [7, 11) is -14.0. The van der Waals surface area contributed by atoms with Gasteiger partial charge in [-0.05, 0) is 53.2 Å². The summed E-state index contributed by atoms with van der Waals surface area (Å²) in [4.78, 5) is 61.3. The lowest BCUT2D eigenvalue weighted by Crippen LogP contribution is -2.46. The molecule has 1 unspecified atom stereocenters. The SMILES string of the molecule is C=CC(=O)OCC(COCC(CO)(COC(=O)CCNc1cccc2cc(S(=O)(=O)O)ccc12)COC(=O)CCNc1cc(S(=O)(=O)O)cc2cc(S(=O)(=O)O)ccc12)(COC(=O)C=C)COC(=O)C=C. The Balaban J connectivity index is 1.54. The van der Waals surface area contributed by atoms with E-state index >= 15 is 0 Å². The molecule has 0 fully saturated rings. The molecule has 71 heavy (non-hydrogen) atoms. The van der Waals surface area contributed by atoms with E-state index in [2.05, 4.69) is 30.4 Å². The Hall–Kier alpha value is -6.78. The predicted molar refractivity (Wildman–Crippen MR) is 252 cm³/mol. The molecular weight excluding hydrogens is 1000 g/mol. The molecular formula is C45H50N2O21S3. The number of carbonyl (C=O) groups excluding carboxylic acids is 5. The van der Waals surface area contributed by atoms with Gasteiger partial charge in [0.25, 0.3) is 30.4 Å². The largest absolute Gasteiger partial charge is 0.465 e. The van der Waals surface area contributed by atoms with E-state index in [4.69, 9.17) is 28.4 Å². The van der Waals surface area contributed by atoms with Crippen LogP contribution in [0.2, 0.25) is 0 Å². The van der Waals surface area contributed by atoms with Gasteiger partial charge in [-0.25, -0.2) is 14.4 Å². The number of rotatable bonds is 29. The molecule has 0 amide bonds. The molecule has 4 aromatic carbocycles. The van der Waals surface area contributed by atoms with Crippen LogP contribution >= 0.6 is 0 Å². The fraction of sp³-hybridized carbons (Fsp3) is 0.311. The summed E-state index contributed by atoms with van der Waals surface area (Å²) in [5, 5.41) is 17.9. The number of carbonyl (C=O) groups is 5. The highest BCUT2D eigenvalue weighted by atomic mass is 32.2. The molecule has 0 aliphatic heterocycles. The minimum atomic E-state index is -4.84. The van der Waals surface area contributed by atoms with Crippen LogP contribution in [0, 0.1) is 10.8 Å². The second kappa shape index (κ2) is 24.9. The molecule has 0 aliphatic carbocycles. The number of esters is 5. The lowest BCUT2D eigenvalue weighted by Gasteiger charge is -2.35. The van der Waals surface area contributed by atoms with Crippen molar-refractivity contribution in [2.24, 2.45) is 10.8 Å². The second-order valence-electron chi connectivity index (χ2n) is 15.7. The van der Waals surface area contributed by atoms with Gasteiger partial charge >= 0.3 is 29.8 Å². The molecule has 1 atom stereocenters. The van der Waals surface area contributed by atoms with Crippen molar-refractivity contribution in [2.45, 2.75) is 27.5 Å². The molecule has 0 saturated heterocycles. The molecule has 0 spiro atoms. The Morgan fingerprint density at radius 1 is 0.507 bits per heavy atom. The van der Waals surface area contributed by atoms with E-state index in [1.165, 1.54) is 24.3 Å². The number of anilines is 2. The van der Waals surface area contributed by atoms with Gasteiger partial charge in [-0.2, -0.15) is 25.3 Å². The van der Waals surface area contributed by atoms with Gasteiger partial charge in [0.2, 0.25) is 0 Å². The molecule has 0 saturated carbocycles. The predicted octanol–water partition coefficient (Wildman–Crippen LogP) is 3.29. The van der Waals surface area contributed by atoms with Crippen LogP contribution in [0.5, 0.6) is 0 Å². The van der Waals surface area contributed by atoms with Gasteiger partial charge in [0, 0.05) is 53.5 Å². The van der Waals surface area contributed by atoms with Crippen LogP contribution in [0.15, 0.2) is 119 Å². The summed E-state index contributed by atoms with van der Waals surface area (Å²) in [6.07, 6.45) is 1.80. The van der Waals surface area contributed by atoms with E-state index < -0.39 is 140 Å². The van der Waals surface area contributed by atoms with Gasteiger partial charge in [-0.15, -0.1) is 0 Å². The van der Waals surface area contributed by atoms with Crippen molar-refractivity contribution in [1.29, 1.82) is 0 Å². The first-order valence-corrected chi connectivity index (χ1v) is 25.1. The molecule has 0 heterocycles. The normalized spacial score (nSPS) is 12.7. The third-order valence-electron chi connectivity index (χ3n) is 10.2. The van der Waals surface area contributed by atoms with Crippen LogP contribution in [-0.4, -0.2) is 140 Å². The monoisotopic (exact) mass is 1050 g/mol. The number of aliphatic hydroxyl groups is 1. The average Bonchev–Trinajstić information content (AvgIpc) is 3.33. The Morgan fingerprint density at radius 2 is 0.915 bits per heavy atom. The Labute approximate surface area is 407 Å². The average molecular weight is 1050 g/mol. The van der Waals surface area contributed by atoms with Crippen LogP contribution in [-0.2, 0) is 82.7 Å². The molecule has 0 bridgehead atoms. The quantitative estimate of drug-likeness (QED) is 0.0197. The fourth-order valence-electron chi connectivity index (χ4n) is 6.41. The molecule has 0 aromatic heterocycles. The van der Waals surface area contributed by atoms with E-state index in [1.54, 1.807) is 18.2 Å². The number of ether oxygens (including phenoxy) is 6. The maximum Gasteiger partial charge on any atom is 0.330 e. The lowest BCUT2D eigenvalue weighted by molar-refractivity contribution is -0.168. The highest BCUT2D eigenvalue weighted by molar-refractivity contribution is 7.86. The number of hydrogen-bond acceptors (Lipinski definition) is 20. The van der Waals surface area contributed by atoms with E-state index in [0.29, 0.717) is 16.5 Å². The topological polar surface area (TPSA) is 348 Å². The number of benzene rings is 4. The van der Waals surface area contributed by atoms with Gasteiger partial charge < -0.3 is 44.2 Å². The van der Waals surface area contributed by atoms with Crippen LogP contribution < -0.4 is 10.6 Å². The van der Waals surface area contributed by atoms with E-state index in [0.717, 1.165) is 42.5 Å². The van der Waals surface area contributed by atoms with Gasteiger partial charge in [-0.1, -0.05) is 44.0 Å². The first-order chi connectivity index (χ1) is 33.4. The smallest absolute Gasteiger partial charge is 0.330 e. The molecule has 6 N–H and O–H groups in total. The minimum absolute atomic E-state index is 0.0223. The van der Waals surface area contributed by atoms with E-state index in [9.17, 15) is 68.0 Å².